The van der Waals surface area contributed by atoms with Crippen molar-refractivity contribution in [2.24, 2.45) is 0 Å². The molecule has 0 unspecified atom stereocenters. The molecule has 2 aromatic rings. The standard InChI is InChI=1S/C16H15NO2/c1-11(18)13-6-8-14(9-7-13)15-4-3-5-16(10-15)17-12(2)19/h3-10H,1-2H3,(H,17,19). The van der Waals surface area contributed by atoms with Gasteiger partial charge in [0.05, 0.1) is 0 Å². The van der Waals surface area contributed by atoms with E-state index in [-0.39, 0.29) is 11.7 Å². The minimum atomic E-state index is -0.0934. The quantitative estimate of drug-likeness (QED) is 0.851. The molecule has 19 heavy (non-hydrogen) atoms. The molecule has 0 fully saturated rings. The average molecular weight is 253 g/mol. The fraction of sp³-hybridized carbons (Fsp3) is 0.125. The topological polar surface area (TPSA) is 46.2 Å². The second-order valence-corrected chi connectivity index (χ2v) is 4.40. The Bertz CT molecular complexity index is 615. The van der Waals surface area contributed by atoms with Gasteiger partial charge in [0.1, 0.15) is 0 Å². The molecule has 0 atom stereocenters. The van der Waals surface area contributed by atoms with Gasteiger partial charge in [-0.3, -0.25) is 9.59 Å². The van der Waals surface area contributed by atoms with Gasteiger partial charge in [-0.15, -0.1) is 0 Å². The maximum Gasteiger partial charge on any atom is 0.221 e. The minimum Gasteiger partial charge on any atom is -0.326 e. The molecule has 0 bridgehead atoms. The maximum atomic E-state index is 11.2. The van der Waals surface area contributed by atoms with Crippen molar-refractivity contribution >= 4 is 17.4 Å². The molecule has 1 N–H and O–H groups in total. The predicted octanol–water partition coefficient (Wildman–Crippen LogP) is 3.51. The molecule has 2 aromatic carbocycles. The summed E-state index contributed by atoms with van der Waals surface area (Å²) in [5, 5.41) is 2.75. The number of carbonyl (C=O) groups is 2. The molecular formula is C16H15NO2. The molecule has 0 heterocycles. The van der Waals surface area contributed by atoms with Crippen molar-refractivity contribution in [3.05, 3.63) is 54.1 Å². The SMILES string of the molecule is CC(=O)Nc1cccc(-c2ccc(C(C)=O)cc2)c1. The van der Waals surface area contributed by atoms with Crippen LogP contribution in [0.1, 0.15) is 24.2 Å². The van der Waals surface area contributed by atoms with E-state index >= 15 is 0 Å². The van der Waals surface area contributed by atoms with Gasteiger partial charge in [0.2, 0.25) is 5.91 Å². The molecule has 1 amide bonds. The highest BCUT2D eigenvalue weighted by atomic mass is 16.1. The molecule has 3 heteroatoms. The Morgan fingerprint density at radius 1 is 0.895 bits per heavy atom. The number of hydrogen-bond donors (Lipinski definition) is 1. The van der Waals surface area contributed by atoms with Gasteiger partial charge >= 0.3 is 0 Å². The number of Topliss-reactive ketones (excluding diaryl/α,β-unsaturated/α-hetero) is 1. The summed E-state index contributed by atoms with van der Waals surface area (Å²) >= 11 is 0. The third-order valence-electron chi connectivity index (χ3n) is 2.81. The van der Waals surface area contributed by atoms with Crippen LogP contribution in [0.3, 0.4) is 0 Å². The van der Waals surface area contributed by atoms with Crippen molar-refractivity contribution < 1.29 is 9.59 Å². The zero-order chi connectivity index (χ0) is 13.8. The van der Waals surface area contributed by atoms with Crippen LogP contribution in [-0.2, 0) is 4.79 Å². The van der Waals surface area contributed by atoms with Gasteiger partial charge in [-0.2, -0.15) is 0 Å². The smallest absolute Gasteiger partial charge is 0.221 e. The number of amides is 1. The average Bonchev–Trinajstić information content (AvgIpc) is 2.38. The van der Waals surface area contributed by atoms with Crippen LogP contribution in [0.4, 0.5) is 5.69 Å². The highest BCUT2D eigenvalue weighted by Gasteiger charge is 2.02. The number of nitrogens with one attached hydrogen (secondary N) is 1. The molecule has 0 saturated heterocycles. The molecule has 0 radical (unpaired) electrons. The van der Waals surface area contributed by atoms with E-state index in [9.17, 15) is 9.59 Å². The second-order valence-electron chi connectivity index (χ2n) is 4.40. The number of carbonyl (C=O) groups excluding carboxylic acids is 2. The van der Waals surface area contributed by atoms with Gasteiger partial charge in [-0.05, 0) is 30.2 Å². The molecule has 0 saturated carbocycles. The Balaban J connectivity index is 2.30. The van der Waals surface area contributed by atoms with Crippen molar-refractivity contribution in [3.63, 3.8) is 0 Å². The van der Waals surface area contributed by atoms with Crippen LogP contribution in [0.15, 0.2) is 48.5 Å². The fourth-order valence-corrected chi connectivity index (χ4v) is 1.88. The third kappa shape index (κ3) is 3.28. The maximum absolute atomic E-state index is 11.2. The first-order valence-corrected chi connectivity index (χ1v) is 6.05. The van der Waals surface area contributed by atoms with Crippen LogP contribution in [0, 0.1) is 0 Å². The normalized spacial score (nSPS) is 10.0. The monoisotopic (exact) mass is 253 g/mol. The summed E-state index contributed by atoms with van der Waals surface area (Å²) in [5.74, 6) is -0.0392. The zero-order valence-electron chi connectivity index (χ0n) is 10.9. The lowest BCUT2D eigenvalue weighted by molar-refractivity contribution is -0.114. The number of rotatable bonds is 3. The van der Waals surface area contributed by atoms with Crippen LogP contribution in [-0.4, -0.2) is 11.7 Å². The minimum absolute atomic E-state index is 0.0542. The second kappa shape index (κ2) is 5.48. The fourth-order valence-electron chi connectivity index (χ4n) is 1.88. The highest BCUT2D eigenvalue weighted by Crippen LogP contribution is 2.23. The molecule has 0 aliphatic rings. The van der Waals surface area contributed by atoms with Gasteiger partial charge in [0, 0.05) is 18.2 Å². The van der Waals surface area contributed by atoms with Gasteiger partial charge in [0.25, 0.3) is 0 Å². The Morgan fingerprint density at radius 3 is 2.16 bits per heavy atom. The first kappa shape index (κ1) is 13.0. The summed E-state index contributed by atoms with van der Waals surface area (Å²) in [6, 6.07) is 15.0. The molecule has 3 nitrogen and oxygen atoms in total. The first-order valence-electron chi connectivity index (χ1n) is 6.05. The molecule has 0 aromatic heterocycles. The van der Waals surface area contributed by atoms with Gasteiger partial charge in [-0.1, -0.05) is 36.4 Å². The van der Waals surface area contributed by atoms with Crippen LogP contribution in [0.2, 0.25) is 0 Å². The summed E-state index contributed by atoms with van der Waals surface area (Å²) < 4.78 is 0. The number of anilines is 1. The lowest BCUT2D eigenvalue weighted by atomic mass is 10.0. The number of hydrogen-bond acceptors (Lipinski definition) is 2. The number of ketones is 1. The summed E-state index contributed by atoms with van der Waals surface area (Å²) in [6.45, 7) is 3.03. The van der Waals surface area contributed by atoms with E-state index in [1.807, 2.05) is 48.5 Å². The Labute approximate surface area is 112 Å². The molecule has 96 valence electrons. The largest absolute Gasteiger partial charge is 0.326 e. The van der Waals surface area contributed by atoms with Crippen molar-refractivity contribution in [3.8, 4) is 11.1 Å². The Hall–Kier alpha value is -2.42. The van der Waals surface area contributed by atoms with Crippen LogP contribution >= 0.6 is 0 Å². The molecular weight excluding hydrogens is 238 g/mol. The summed E-state index contributed by atoms with van der Waals surface area (Å²) in [6.07, 6.45) is 0. The number of benzene rings is 2. The van der Waals surface area contributed by atoms with E-state index in [1.165, 1.54) is 6.92 Å². The van der Waals surface area contributed by atoms with E-state index in [0.29, 0.717) is 5.56 Å². The Morgan fingerprint density at radius 2 is 1.58 bits per heavy atom. The van der Waals surface area contributed by atoms with Crippen molar-refractivity contribution in [1.29, 1.82) is 0 Å². The van der Waals surface area contributed by atoms with E-state index < -0.39 is 0 Å². The van der Waals surface area contributed by atoms with E-state index in [2.05, 4.69) is 5.32 Å². The van der Waals surface area contributed by atoms with Gasteiger partial charge in [-0.25, -0.2) is 0 Å². The zero-order valence-corrected chi connectivity index (χ0v) is 10.9. The summed E-state index contributed by atoms with van der Waals surface area (Å²) in [5.41, 5.74) is 3.47. The van der Waals surface area contributed by atoms with Crippen molar-refractivity contribution in [2.75, 3.05) is 5.32 Å². The van der Waals surface area contributed by atoms with E-state index in [0.717, 1.165) is 16.8 Å². The predicted molar refractivity (Wildman–Crippen MR) is 76.2 cm³/mol. The molecule has 0 spiro atoms. The highest BCUT2D eigenvalue weighted by molar-refractivity contribution is 5.94. The molecule has 0 aliphatic carbocycles. The molecule has 0 aliphatic heterocycles. The summed E-state index contributed by atoms with van der Waals surface area (Å²) in [7, 11) is 0. The lowest BCUT2D eigenvalue weighted by Gasteiger charge is -2.06. The van der Waals surface area contributed by atoms with Crippen LogP contribution in [0.5, 0.6) is 0 Å². The van der Waals surface area contributed by atoms with Gasteiger partial charge in [0.15, 0.2) is 5.78 Å². The molecule has 2 rings (SSSR count). The third-order valence-corrected chi connectivity index (χ3v) is 2.81. The first-order chi connectivity index (χ1) is 9.06. The van der Waals surface area contributed by atoms with Crippen LogP contribution < -0.4 is 5.32 Å². The van der Waals surface area contributed by atoms with E-state index in [4.69, 9.17) is 0 Å². The van der Waals surface area contributed by atoms with Crippen LogP contribution in [0.25, 0.3) is 11.1 Å². The van der Waals surface area contributed by atoms with E-state index in [1.54, 1.807) is 6.92 Å². The Kier molecular flexibility index (Phi) is 3.76. The lowest BCUT2D eigenvalue weighted by Crippen LogP contribution is -2.05. The van der Waals surface area contributed by atoms with Gasteiger partial charge < -0.3 is 5.32 Å². The van der Waals surface area contributed by atoms with Crippen molar-refractivity contribution in [2.45, 2.75) is 13.8 Å². The van der Waals surface area contributed by atoms with Crippen molar-refractivity contribution in [1.82, 2.24) is 0 Å². The summed E-state index contributed by atoms with van der Waals surface area (Å²) in [4.78, 5) is 22.3.